The predicted molar refractivity (Wildman–Crippen MR) is 54.7 cm³/mol. The van der Waals surface area contributed by atoms with Gasteiger partial charge in [0.15, 0.2) is 0 Å². The van der Waals surface area contributed by atoms with Gasteiger partial charge in [0.1, 0.15) is 0 Å². The van der Waals surface area contributed by atoms with Gasteiger partial charge in [-0.05, 0) is 44.7 Å². The molecule has 1 aliphatic carbocycles. The zero-order chi connectivity index (χ0) is 8.97. The summed E-state index contributed by atoms with van der Waals surface area (Å²) in [6.45, 7) is 4.86. The Morgan fingerprint density at radius 3 is 2.58 bits per heavy atom. The number of halogens is 1. The van der Waals surface area contributed by atoms with Gasteiger partial charge in [0, 0.05) is 12.4 Å². The lowest BCUT2D eigenvalue weighted by Crippen LogP contribution is -2.22. The Morgan fingerprint density at radius 1 is 1.42 bits per heavy atom. The van der Waals surface area contributed by atoms with Crippen LogP contribution in [0.1, 0.15) is 26.2 Å². The fraction of sp³-hybridized carbons (Fsp3) is 1.00. The summed E-state index contributed by atoms with van der Waals surface area (Å²) < 4.78 is 0. The maximum Gasteiger partial charge on any atom is 0.0223 e. The van der Waals surface area contributed by atoms with E-state index in [1.165, 1.54) is 25.9 Å². The van der Waals surface area contributed by atoms with Crippen LogP contribution >= 0.6 is 11.6 Å². The van der Waals surface area contributed by atoms with E-state index in [4.69, 9.17) is 11.6 Å². The molecule has 1 nitrogen and oxygen atoms in total. The van der Waals surface area contributed by atoms with Crippen LogP contribution in [0.4, 0.5) is 0 Å². The largest absolute Gasteiger partial charge is 0.306 e. The summed E-state index contributed by atoms with van der Waals surface area (Å²) in [5.41, 5.74) is 0. The van der Waals surface area contributed by atoms with Gasteiger partial charge in [-0.15, -0.1) is 11.6 Å². The van der Waals surface area contributed by atoms with Crippen molar-refractivity contribution in [1.29, 1.82) is 0 Å². The molecule has 1 saturated carbocycles. The second-order valence-corrected chi connectivity index (χ2v) is 4.51. The molecule has 0 aromatic rings. The molecule has 0 saturated heterocycles. The molecular formula is C10H20ClN. The highest BCUT2D eigenvalue weighted by Crippen LogP contribution is 2.37. The van der Waals surface area contributed by atoms with Gasteiger partial charge in [-0.3, -0.25) is 0 Å². The summed E-state index contributed by atoms with van der Waals surface area (Å²) in [4.78, 5) is 2.45. The van der Waals surface area contributed by atoms with Crippen molar-refractivity contribution in [3.8, 4) is 0 Å². The molecule has 0 heterocycles. The number of rotatable bonds is 6. The molecule has 1 fully saturated rings. The monoisotopic (exact) mass is 189 g/mol. The minimum Gasteiger partial charge on any atom is -0.306 e. The number of hydrogen-bond donors (Lipinski definition) is 0. The highest BCUT2D eigenvalue weighted by atomic mass is 35.5. The Labute approximate surface area is 81.1 Å². The molecular weight excluding hydrogens is 170 g/mol. The van der Waals surface area contributed by atoms with Gasteiger partial charge in [0.25, 0.3) is 0 Å². The zero-order valence-corrected chi connectivity index (χ0v) is 8.98. The summed E-state index contributed by atoms with van der Waals surface area (Å²) >= 11 is 5.61. The maximum absolute atomic E-state index is 5.61. The molecule has 0 N–H and O–H groups in total. The van der Waals surface area contributed by atoms with Crippen molar-refractivity contribution in [2.75, 3.05) is 26.0 Å². The minimum atomic E-state index is 0.813. The first-order valence-corrected chi connectivity index (χ1v) is 5.52. The van der Waals surface area contributed by atoms with E-state index in [2.05, 4.69) is 18.9 Å². The molecule has 0 amide bonds. The molecule has 2 unspecified atom stereocenters. The predicted octanol–water partition coefficient (Wildman–Crippen LogP) is 2.59. The Balaban J connectivity index is 1.93. The van der Waals surface area contributed by atoms with Crippen LogP contribution in [-0.4, -0.2) is 30.9 Å². The van der Waals surface area contributed by atoms with Crippen molar-refractivity contribution < 1.29 is 0 Å². The third-order valence-corrected chi connectivity index (χ3v) is 3.01. The van der Waals surface area contributed by atoms with E-state index in [1.54, 1.807) is 0 Å². The van der Waals surface area contributed by atoms with Gasteiger partial charge in [0.05, 0.1) is 0 Å². The van der Waals surface area contributed by atoms with Crippen LogP contribution in [0.2, 0.25) is 0 Å². The topological polar surface area (TPSA) is 3.24 Å². The van der Waals surface area contributed by atoms with E-state index in [1.807, 2.05) is 0 Å². The van der Waals surface area contributed by atoms with E-state index in [0.29, 0.717) is 0 Å². The maximum atomic E-state index is 5.61. The molecule has 0 radical (unpaired) electrons. The SMILES string of the molecule is CC1CC1CN(C)CCCCCl. The van der Waals surface area contributed by atoms with Crippen LogP contribution in [0.3, 0.4) is 0 Å². The lowest BCUT2D eigenvalue weighted by molar-refractivity contribution is 0.310. The van der Waals surface area contributed by atoms with E-state index in [9.17, 15) is 0 Å². The molecule has 0 aromatic heterocycles. The van der Waals surface area contributed by atoms with Gasteiger partial charge in [-0.25, -0.2) is 0 Å². The molecule has 1 rings (SSSR count). The number of unbranched alkanes of at least 4 members (excludes halogenated alkanes) is 1. The summed E-state index contributed by atoms with van der Waals surface area (Å²) in [6.07, 6.45) is 3.85. The Morgan fingerprint density at radius 2 is 2.08 bits per heavy atom. The average Bonchev–Trinajstić information content (AvgIpc) is 2.67. The van der Waals surface area contributed by atoms with Crippen molar-refractivity contribution in [2.45, 2.75) is 26.2 Å². The van der Waals surface area contributed by atoms with Crippen molar-refractivity contribution >= 4 is 11.6 Å². The third-order valence-electron chi connectivity index (χ3n) is 2.75. The average molecular weight is 190 g/mol. The van der Waals surface area contributed by atoms with Crippen LogP contribution in [-0.2, 0) is 0 Å². The third kappa shape index (κ3) is 3.77. The van der Waals surface area contributed by atoms with E-state index in [0.717, 1.165) is 24.1 Å². The van der Waals surface area contributed by atoms with E-state index >= 15 is 0 Å². The molecule has 72 valence electrons. The Kier molecular flexibility index (Phi) is 4.38. The van der Waals surface area contributed by atoms with Crippen molar-refractivity contribution in [3.63, 3.8) is 0 Å². The van der Waals surface area contributed by atoms with Gasteiger partial charge in [-0.2, -0.15) is 0 Å². The minimum absolute atomic E-state index is 0.813. The fourth-order valence-electron chi connectivity index (χ4n) is 1.62. The normalized spacial score (nSPS) is 28.0. The van der Waals surface area contributed by atoms with Crippen molar-refractivity contribution in [3.05, 3.63) is 0 Å². The second kappa shape index (κ2) is 5.08. The van der Waals surface area contributed by atoms with Gasteiger partial charge in [-0.1, -0.05) is 6.92 Å². The van der Waals surface area contributed by atoms with Gasteiger partial charge >= 0.3 is 0 Å². The molecule has 0 spiro atoms. The molecule has 0 aromatic carbocycles. The number of alkyl halides is 1. The second-order valence-electron chi connectivity index (χ2n) is 4.13. The van der Waals surface area contributed by atoms with Crippen molar-refractivity contribution in [1.82, 2.24) is 4.90 Å². The molecule has 2 heteroatoms. The molecule has 12 heavy (non-hydrogen) atoms. The first-order chi connectivity index (χ1) is 5.74. The van der Waals surface area contributed by atoms with Crippen molar-refractivity contribution in [2.24, 2.45) is 11.8 Å². The lowest BCUT2D eigenvalue weighted by atomic mass is 10.3. The van der Waals surface area contributed by atoms with E-state index < -0.39 is 0 Å². The zero-order valence-electron chi connectivity index (χ0n) is 8.22. The quantitative estimate of drug-likeness (QED) is 0.459. The lowest BCUT2D eigenvalue weighted by Gasteiger charge is -2.15. The van der Waals surface area contributed by atoms with Crippen LogP contribution in [0.25, 0.3) is 0 Å². The molecule has 0 bridgehead atoms. The summed E-state index contributed by atoms with van der Waals surface area (Å²) in [5, 5.41) is 0. The van der Waals surface area contributed by atoms with Crippen LogP contribution in [0, 0.1) is 11.8 Å². The van der Waals surface area contributed by atoms with Crippen LogP contribution in [0.5, 0.6) is 0 Å². The van der Waals surface area contributed by atoms with E-state index in [-0.39, 0.29) is 0 Å². The first kappa shape index (κ1) is 10.3. The highest BCUT2D eigenvalue weighted by Gasteiger charge is 2.32. The summed E-state index contributed by atoms with van der Waals surface area (Å²) in [7, 11) is 2.22. The van der Waals surface area contributed by atoms with Gasteiger partial charge in [0.2, 0.25) is 0 Å². The first-order valence-electron chi connectivity index (χ1n) is 4.98. The van der Waals surface area contributed by atoms with Gasteiger partial charge < -0.3 is 4.90 Å². The summed E-state index contributed by atoms with van der Waals surface area (Å²) in [6, 6.07) is 0. The summed E-state index contributed by atoms with van der Waals surface area (Å²) in [5.74, 6) is 2.79. The Hall–Kier alpha value is 0.250. The van der Waals surface area contributed by atoms with Crippen LogP contribution in [0.15, 0.2) is 0 Å². The molecule has 1 aliphatic rings. The highest BCUT2D eigenvalue weighted by molar-refractivity contribution is 6.17. The fourth-order valence-corrected chi connectivity index (χ4v) is 1.81. The van der Waals surface area contributed by atoms with Crippen LogP contribution < -0.4 is 0 Å². The Bertz CT molecular complexity index is 127. The number of nitrogens with zero attached hydrogens (tertiary/aromatic N) is 1. The molecule has 2 atom stereocenters. The standard InChI is InChI=1S/C10H20ClN/c1-9-7-10(9)8-12(2)6-4-3-5-11/h9-10H,3-8H2,1-2H3. The molecule has 0 aliphatic heterocycles. The number of hydrogen-bond acceptors (Lipinski definition) is 1. The smallest absolute Gasteiger partial charge is 0.0223 e.